The van der Waals surface area contributed by atoms with Gasteiger partial charge in [-0.15, -0.1) is 0 Å². The molecule has 0 radical (unpaired) electrons. The molecule has 1 amide bonds. The predicted molar refractivity (Wildman–Crippen MR) is 150 cm³/mol. The molecule has 6 unspecified atom stereocenters. The van der Waals surface area contributed by atoms with Gasteiger partial charge < -0.3 is 20.0 Å². The van der Waals surface area contributed by atoms with Crippen LogP contribution in [0.25, 0.3) is 0 Å². The second-order valence-corrected chi connectivity index (χ2v) is 12.8. The van der Waals surface area contributed by atoms with Crippen LogP contribution in [0.5, 0.6) is 0 Å². The van der Waals surface area contributed by atoms with Crippen molar-refractivity contribution in [2.24, 2.45) is 23.7 Å². The van der Waals surface area contributed by atoms with Crippen molar-refractivity contribution in [3.05, 3.63) is 20.2 Å². The van der Waals surface area contributed by atoms with Crippen LogP contribution in [0.3, 0.4) is 0 Å². The molecule has 0 aromatic heterocycles. The maximum absolute atomic E-state index is 13.0. The summed E-state index contributed by atoms with van der Waals surface area (Å²) in [4.78, 5) is 57.1. The van der Waals surface area contributed by atoms with Gasteiger partial charge in [0.2, 0.25) is 18.0 Å². The van der Waals surface area contributed by atoms with Gasteiger partial charge >= 0.3 is 5.97 Å². The first-order valence-electron chi connectivity index (χ1n) is 15.8. The molecule has 0 bridgehead atoms. The highest BCUT2D eigenvalue weighted by atomic mass is 17.1. The van der Waals surface area contributed by atoms with Crippen molar-refractivity contribution in [2.75, 3.05) is 13.2 Å². The van der Waals surface area contributed by atoms with Gasteiger partial charge in [0, 0.05) is 34.8 Å². The van der Waals surface area contributed by atoms with Crippen LogP contribution in [0.4, 0.5) is 0 Å². The third-order valence-electron chi connectivity index (χ3n) is 10.1. The lowest BCUT2D eigenvalue weighted by Crippen LogP contribution is -2.52. The van der Waals surface area contributed by atoms with Crippen molar-refractivity contribution < 1.29 is 44.3 Å². The van der Waals surface area contributed by atoms with Gasteiger partial charge in [-0.05, 0) is 83.0 Å². The van der Waals surface area contributed by atoms with E-state index in [0.29, 0.717) is 25.7 Å². The number of carbonyl (C=O) groups is 2. The van der Waals surface area contributed by atoms with Gasteiger partial charge in [-0.3, -0.25) is 35.1 Å². The van der Waals surface area contributed by atoms with Crippen LogP contribution in [0.2, 0.25) is 0 Å². The number of carboxylic acids is 1. The minimum Gasteiger partial charge on any atom is -0.481 e. The van der Waals surface area contributed by atoms with E-state index in [4.69, 9.17) is 14.8 Å². The zero-order valence-corrected chi connectivity index (χ0v) is 24.6. The average molecular weight is 615 g/mol. The van der Waals surface area contributed by atoms with Crippen molar-refractivity contribution in [1.29, 1.82) is 0 Å². The van der Waals surface area contributed by atoms with E-state index in [-0.39, 0.29) is 67.1 Å². The third-order valence-corrected chi connectivity index (χ3v) is 10.1. The van der Waals surface area contributed by atoms with Crippen molar-refractivity contribution in [3.63, 3.8) is 0 Å². The lowest BCUT2D eigenvalue weighted by Gasteiger charge is -2.36. The summed E-state index contributed by atoms with van der Waals surface area (Å²) in [6.07, 6.45) is 9.25. The van der Waals surface area contributed by atoms with Gasteiger partial charge in [-0.1, -0.05) is 0 Å². The maximum atomic E-state index is 13.0. The summed E-state index contributed by atoms with van der Waals surface area (Å²) in [5.41, 5.74) is 3.09. The average Bonchev–Trinajstić information content (AvgIpc) is 2.99. The van der Waals surface area contributed by atoms with Gasteiger partial charge in [-0.2, -0.15) is 5.48 Å². The lowest BCUT2D eigenvalue weighted by atomic mass is 9.75. The Morgan fingerprint density at radius 1 is 0.767 bits per heavy atom. The molecule has 0 aromatic carbocycles. The van der Waals surface area contributed by atoms with E-state index in [1.54, 1.807) is 0 Å². The molecular weight excluding hydrogens is 568 g/mol. The van der Waals surface area contributed by atoms with Gasteiger partial charge in [0.15, 0.2) is 0 Å². The third kappa shape index (κ3) is 9.03. The molecule has 0 spiro atoms. The van der Waals surface area contributed by atoms with E-state index in [2.05, 4.69) is 15.7 Å². The summed E-state index contributed by atoms with van der Waals surface area (Å²) in [7, 11) is 0. The first-order chi connectivity index (χ1) is 20.7. The number of amides is 1. The molecule has 0 heterocycles. The van der Waals surface area contributed by atoms with Crippen LogP contribution < -0.4 is 10.8 Å². The summed E-state index contributed by atoms with van der Waals surface area (Å²) in [5, 5.41) is 44.4. The molecule has 4 aliphatic carbocycles. The number of nitro groups is 2. The highest BCUT2D eigenvalue weighted by molar-refractivity contribution is 5.85. The largest absolute Gasteiger partial charge is 0.481 e. The number of rotatable bonds is 13. The minimum absolute atomic E-state index is 0.0583. The summed E-state index contributed by atoms with van der Waals surface area (Å²) in [5.74, 6) is -4.34. The van der Waals surface area contributed by atoms with Crippen LogP contribution in [0.1, 0.15) is 89.9 Å². The molecule has 0 aliphatic heterocycles. The molecule has 244 valence electrons. The monoisotopic (exact) mass is 614 g/mol. The molecule has 4 fully saturated rings. The summed E-state index contributed by atoms with van der Waals surface area (Å²) in [6, 6.07) is -1.92. The van der Waals surface area contributed by atoms with Gasteiger partial charge in [0.25, 0.3) is 0 Å². The van der Waals surface area contributed by atoms with Crippen molar-refractivity contribution >= 4 is 11.9 Å². The molecular formula is C28H46N4O11. The van der Waals surface area contributed by atoms with Crippen LogP contribution in [-0.4, -0.2) is 81.7 Å². The number of hydrogen-bond acceptors (Lipinski definition) is 11. The van der Waals surface area contributed by atoms with Crippen molar-refractivity contribution in [3.8, 4) is 0 Å². The number of hydrogen-bond donors (Lipinski definition) is 4. The number of hydroxylamine groups is 1. The summed E-state index contributed by atoms with van der Waals surface area (Å²) in [6.45, 7) is 0.239. The SMILES string of the molecule is O=C(O)C1CCCC([N+](=O)[O-])C1C(=O)NC1CCC(OC2CCC(NOCC3C(COO)CCCC3[N+](=O)[O-])CC2)CC1. The fraction of sp³-hybridized carbons (Fsp3) is 0.929. The topological polar surface area (TPSA) is 213 Å². The van der Waals surface area contributed by atoms with Crippen LogP contribution >= 0.6 is 0 Å². The Bertz CT molecular complexity index is 931. The molecule has 4 N–H and O–H groups in total. The Hall–Kier alpha value is -2.46. The first-order valence-corrected chi connectivity index (χ1v) is 15.8. The minimum atomic E-state index is -1.17. The highest BCUT2D eigenvalue weighted by Gasteiger charge is 2.49. The molecule has 4 rings (SSSR count). The Kier molecular flexibility index (Phi) is 12.5. The number of carbonyl (C=O) groups excluding carboxylic acids is 1. The number of carboxylic acid groups (broad SMARTS) is 1. The molecule has 4 aliphatic rings. The van der Waals surface area contributed by atoms with E-state index < -0.39 is 40.7 Å². The predicted octanol–water partition coefficient (Wildman–Crippen LogP) is 2.96. The molecule has 0 saturated heterocycles. The standard InChI is InChI=1S/C28H46N4O11/c33-27(26-22(28(34)35)4-2-6-25(26)32(38)39)29-18-7-11-20(12-8-18)43-21-13-9-19(10-14-21)30-41-16-23-17(15-42-40)3-1-5-24(23)31(36)37/h17-26,30,40H,1-16H2,(H,29,33)(H,34,35). The molecule has 4 saturated carbocycles. The molecule has 0 aromatic rings. The number of nitrogens with one attached hydrogen (secondary N) is 2. The van der Waals surface area contributed by atoms with Crippen molar-refractivity contribution in [2.45, 2.75) is 126 Å². The molecule has 43 heavy (non-hydrogen) atoms. The van der Waals surface area contributed by atoms with Crippen LogP contribution in [-0.2, 0) is 24.1 Å². The van der Waals surface area contributed by atoms with E-state index in [1.165, 1.54) is 0 Å². The van der Waals surface area contributed by atoms with E-state index in [1.807, 2.05) is 0 Å². The number of ether oxygens (including phenoxy) is 1. The molecule has 6 atom stereocenters. The quantitative estimate of drug-likeness (QED) is 0.134. The Morgan fingerprint density at radius 3 is 1.93 bits per heavy atom. The maximum Gasteiger partial charge on any atom is 0.307 e. The second-order valence-electron chi connectivity index (χ2n) is 12.8. The highest BCUT2D eigenvalue weighted by Crippen LogP contribution is 2.35. The van der Waals surface area contributed by atoms with Gasteiger partial charge in [0.05, 0.1) is 37.3 Å². The number of aliphatic carboxylic acids is 1. The number of nitrogens with zero attached hydrogens (tertiary/aromatic N) is 2. The Morgan fingerprint density at radius 2 is 1.35 bits per heavy atom. The molecule has 15 heteroatoms. The fourth-order valence-electron chi connectivity index (χ4n) is 7.68. The van der Waals surface area contributed by atoms with E-state index >= 15 is 0 Å². The smallest absolute Gasteiger partial charge is 0.307 e. The summed E-state index contributed by atoms with van der Waals surface area (Å²) < 4.78 is 6.37. The normalized spacial score (nSPS) is 36.9. The first kappa shape index (κ1) is 33.4. The molecule has 15 nitrogen and oxygen atoms in total. The Balaban J connectivity index is 1.15. The van der Waals surface area contributed by atoms with Crippen LogP contribution in [0.15, 0.2) is 0 Å². The summed E-state index contributed by atoms with van der Waals surface area (Å²) >= 11 is 0. The van der Waals surface area contributed by atoms with Gasteiger partial charge in [0.1, 0.15) is 5.92 Å². The van der Waals surface area contributed by atoms with Crippen LogP contribution in [0, 0.1) is 43.9 Å². The van der Waals surface area contributed by atoms with E-state index in [9.17, 15) is 34.9 Å². The lowest BCUT2D eigenvalue weighted by molar-refractivity contribution is -0.540. The van der Waals surface area contributed by atoms with E-state index in [0.717, 1.165) is 51.4 Å². The fourth-order valence-corrected chi connectivity index (χ4v) is 7.68. The zero-order chi connectivity index (χ0) is 30.9. The Labute approximate surface area is 250 Å². The second kappa shape index (κ2) is 16.0. The zero-order valence-electron chi connectivity index (χ0n) is 24.6. The van der Waals surface area contributed by atoms with Gasteiger partial charge in [-0.25, -0.2) is 4.89 Å². The van der Waals surface area contributed by atoms with Crippen molar-refractivity contribution in [1.82, 2.24) is 10.8 Å².